The first-order valence-corrected chi connectivity index (χ1v) is 14.4. The number of anilines is 4. The molecule has 12 heteroatoms. The Balaban J connectivity index is 1.40. The van der Waals surface area contributed by atoms with Crippen LogP contribution in [0.1, 0.15) is 41.7 Å². The van der Waals surface area contributed by atoms with Crippen LogP contribution in [0.15, 0.2) is 24.3 Å². The van der Waals surface area contributed by atoms with Gasteiger partial charge in [0.1, 0.15) is 5.82 Å². The maximum absolute atomic E-state index is 13.5. The van der Waals surface area contributed by atoms with E-state index in [0.29, 0.717) is 60.4 Å². The minimum Gasteiger partial charge on any atom is -0.395 e. The van der Waals surface area contributed by atoms with Crippen molar-refractivity contribution in [2.75, 3.05) is 71.6 Å². The SMILES string of the molecule is Cc1cc(NC(=O)c2ccc(NS(=O)(=O)CCO)cc2N2CCC3(CC2)CC3)nc(N2CCOCC2)n1. The van der Waals surface area contributed by atoms with E-state index in [1.54, 1.807) is 24.3 Å². The second-order valence-corrected chi connectivity index (χ2v) is 12.0. The van der Waals surface area contributed by atoms with Crippen molar-refractivity contribution < 1.29 is 23.1 Å². The van der Waals surface area contributed by atoms with Gasteiger partial charge in [0.2, 0.25) is 16.0 Å². The van der Waals surface area contributed by atoms with E-state index in [1.165, 1.54) is 12.8 Å². The maximum atomic E-state index is 13.5. The summed E-state index contributed by atoms with van der Waals surface area (Å²) in [4.78, 5) is 26.8. The summed E-state index contributed by atoms with van der Waals surface area (Å²) in [7, 11) is -3.69. The molecule has 2 aliphatic heterocycles. The molecule has 0 unspecified atom stereocenters. The lowest BCUT2D eigenvalue weighted by atomic mass is 9.93. The zero-order valence-corrected chi connectivity index (χ0v) is 21.9. The van der Waals surface area contributed by atoms with Gasteiger partial charge in [-0.2, -0.15) is 4.98 Å². The van der Waals surface area contributed by atoms with E-state index in [0.717, 1.165) is 31.6 Å². The number of morpholine rings is 1. The standard InChI is InChI=1S/C25H34N6O5S/c1-18-16-22(28-24(26-18)31-10-13-36-14-11-31)27-23(33)20-3-2-19(29-37(34,35)15-12-32)17-21(20)30-8-6-25(4-5-25)7-9-30/h2-3,16-17,29,32H,4-15H2,1H3,(H,26,27,28,33). The second kappa shape index (κ2) is 10.4. The lowest BCUT2D eigenvalue weighted by molar-refractivity contribution is 0.102. The molecule has 2 aromatic rings. The number of carbonyl (C=O) groups excluding carboxylic acids is 1. The number of nitrogens with one attached hydrogen (secondary N) is 2. The Morgan fingerprint density at radius 2 is 1.78 bits per heavy atom. The Bertz CT molecular complexity index is 1250. The number of ether oxygens (including phenoxy) is 1. The molecule has 3 heterocycles. The molecule has 37 heavy (non-hydrogen) atoms. The number of nitrogens with zero attached hydrogens (tertiary/aromatic N) is 4. The van der Waals surface area contributed by atoms with E-state index >= 15 is 0 Å². The predicted octanol–water partition coefficient (Wildman–Crippen LogP) is 1.99. The smallest absolute Gasteiger partial charge is 0.258 e. The summed E-state index contributed by atoms with van der Waals surface area (Å²) < 4.78 is 32.4. The molecule has 0 bridgehead atoms. The van der Waals surface area contributed by atoms with Crippen LogP contribution in [0, 0.1) is 12.3 Å². The van der Waals surface area contributed by atoms with Crippen LogP contribution < -0.4 is 19.8 Å². The summed E-state index contributed by atoms with van der Waals surface area (Å²) in [5, 5.41) is 12.0. The molecule has 11 nitrogen and oxygen atoms in total. The van der Waals surface area contributed by atoms with Crippen LogP contribution in [0.25, 0.3) is 0 Å². The summed E-state index contributed by atoms with van der Waals surface area (Å²) in [5.41, 5.74) is 2.68. The first kappa shape index (κ1) is 25.7. The number of sulfonamides is 1. The van der Waals surface area contributed by atoms with Gasteiger partial charge in [0.15, 0.2) is 0 Å². The second-order valence-electron chi connectivity index (χ2n) is 10.1. The summed E-state index contributed by atoms with van der Waals surface area (Å²) in [6.45, 7) is 5.59. The van der Waals surface area contributed by atoms with Crippen molar-refractivity contribution in [2.45, 2.75) is 32.6 Å². The number of aliphatic hydroxyl groups is 1. The lowest BCUT2D eigenvalue weighted by Crippen LogP contribution is -2.37. The summed E-state index contributed by atoms with van der Waals surface area (Å²) in [6, 6.07) is 6.65. The molecule has 1 aromatic carbocycles. The average Bonchev–Trinajstić information content (AvgIpc) is 3.63. The minimum atomic E-state index is -3.69. The first-order chi connectivity index (χ1) is 17.8. The number of aliphatic hydroxyl groups excluding tert-OH is 1. The molecule has 3 N–H and O–H groups in total. The number of aryl methyl sites for hydroxylation is 1. The fraction of sp³-hybridized carbons (Fsp3) is 0.560. The number of piperidine rings is 1. The molecule has 1 aromatic heterocycles. The Labute approximate surface area is 217 Å². The highest BCUT2D eigenvalue weighted by molar-refractivity contribution is 7.92. The van der Waals surface area contributed by atoms with Crippen LogP contribution in [0.2, 0.25) is 0 Å². The highest BCUT2D eigenvalue weighted by Gasteiger charge is 2.44. The number of carbonyl (C=O) groups is 1. The van der Waals surface area contributed by atoms with E-state index in [1.807, 2.05) is 11.8 Å². The van der Waals surface area contributed by atoms with Crippen LogP contribution >= 0.6 is 0 Å². The van der Waals surface area contributed by atoms with Gasteiger partial charge < -0.3 is 25.0 Å². The van der Waals surface area contributed by atoms with Crippen molar-refractivity contribution in [3.63, 3.8) is 0 Å². The largest absolute Gasteiger partial charge is 0.395 e. The predicted molar refractivity (Wildman–Crippen MR) is 142 cm³/mol. The molecule has 0 atom stereocenters. The highest BCUT2D eigenvalue weighted by Crippen LogP contribution is 2.54. The summed E-state index contributed by atoms with van der Waals surface area (Å²) in [6.07, 6.45) is 4.63. The Kier molecular flexibility index (Phi) is 7.24. The van der Waals surface area contributed by atoms with Crippen molar-refractivity contribution in [1.29, 1.82) is 0 Å². The van der Waals surface area contributed by atoms with Crippen LogP contribution in [0.4, 0.5) is 23.1 Å². The van der Waals surface area contributed by atoms with Gasteiger partial charge in [0.25, 0.3) is 5.91 Å². The number of rotatable bonds is 8. The van der Waals surface area contributed by atoms with Gasteiger partial charge in [-0.05, 0) is 56.2 Å². The van der Waals surface area contributed by atoms with E-state index in [2.05, 4.69) is 24.9 Å². The fourth-order valence-electron chi connectivity index (χ4n) is 5.00. The highest BCUT2D eigenvalue weighted by atomic mass is 32.2. The van der Waals surface area contributed by atoms with Gasteiger partial charge in [-0.1, -0.05) is 0 Å². The van der Waals surface area contributed by atoms with Crippen molar-refractivity contribution in [3.05, 3.63) is 35.5 Å². The van der Waals surface area contributed by atoms with Gasteiger partial charge in [-0.25, -0.2) is 13.4 Å². The molecule has 3 fully saturated rings. The molecule has 200 valence electrons. The maximum Gasteiger partial charge on any atom is 0.258 e. The van der Waals surface area contributed by atoms with Gasteiger partial charge in [-0.15, -0.1) is 0 Å². The molecule has 1 amide bonds. The van der Waals surface area contributed by atoms with Crippen LogP contribution in [-0.4, -0.2) is 81.2 Å². The summed E-state index contributed by atoms with van der Waals surface area (Å²) >= 11 is 0. The Morgan fingerprint density at radius 1 is 1.05 bits per heavy atom. The third-order valence-corrected chi connectivity index (χ3v) is 8.64. The van der Waals surface area contributed by atoms with Gasteiger partial charge in [-0.3, -0.25) is 9.52 Å². The molecule has 5 rings (SSSR count). The van der Waals surface area contributed by atoms with Crippen LogP contribution in [0.5, 0.6) is 0 Å². The third-order valence-electron chi connectivity index (χ3n) is 7.38. The molecule has 2 saturated heterocycles. The van der Waals surface area contributed by atoms with Crippen molar-refractivity contribution in [3.8, 4) is 0 Å². The Hall–Kier alpha value is -2.96. The molecule has 1 saturated carbocycles. The number of hydrogen-bond donors (Lipinski definition) is 3. The molecule has 0 radical (unpaired) electrons. The molecular formula is C25H34N6O5S. The lowest BCUT2D eigenvalue weighted by Gasteiger charge is -2.35. The first-order valence-electron chi connectivity index (χ1n) is 12.8. The molecule has 3 aliphatic rings. The number of benzene rings is 1. The van der Waals surface area contributed by atoms with Gasteiger partial charge in [0, 0.05) is 37.9 Å². The minimum absolute atomic E-state index is 0.322. The van der Waals surface area contributed by atoms with Crippen LogP contribution in [-0.2, 0) is 14.8 Å². The normalized spacial score (nSPS) is 19.1. The monoisotopic (exact) mass is 530 g/mol. The van der Waals surface area contributed by atoms with E-state index in [-0.39, 0.29) is 5.91 Å². The van der Waals surface area contributed by atoms with Gasteiger partial charge >= 0.3 is 0 Å². The quantitative estimate of drug-likeness (QED) is 0.468. The van der Waals surface area contributed by atoms with E-state index in [9.17, 15) is 13.2 Å². The zero-order chi connectivity index (χ0) is 26.0. The van der Waals surface area contributed by atoms with Crippen molar-refractivity contribution in [1.82, 2.24) is 9.97 Å². The van der Waals surface area contributed by atoms with E-state index in [4.69, 9.17) is 9.84 Å². The van der Waals surface area contributed by atoms with E-state index < -0.39 is 22.4 Å². The zero-order valence-electron chi connectivity index (χ0n) is 21.1. The van der Waals surface area contributed by atoms with Crippen molar-refractivity contribution in [2.24, 2.45) is 5.41 Å². The summed E-state index contributed by atoms with van der Waals surface area (Å²) in [5.74, 6) is 0.249. The van der Waals surface area contributed by atoms with Crippen molar-refractivity contribution >= 4 is 39.1 Å². The Morgan fingerprint density at radius 3 is 2.46 bits per heavy atom. The number of aromatic nitrogens is 2. The fourth-order valence-corrected chi connectivity index (χ4v) is 5.83. The van der Waals surface area contributed by atoms with Crippen LogP contribution in [0.3, 0.4) is 0 Å². The average molecular weight is 531 g/mol. The molecular weight excluding hydrogens is 496 g/mol. The number of hydrogen-bond acceptors (Lipinski definition) is 9. The number of amides is 1. The third kappa shape index (κ3) is 6.13. The topological polar surface area (TPSA) is 137 Å². The van der Waals surface area contributed by atoms with Gasteiger partial charge in [0.05, 0.1) is 42.5 Å². The molecule has 1 aliphatic carbocycles. The molecule has 1 spiro atoms.